The summed E-state index contributed by atoms with van der Waals surface area (Å²) < 4.78 is 5.44. The van der Waals surface area contributed by atoms with E-state index in [9.17, 15) is 0 Å². The van der Waals surface area contributed by atoms with E-state index < -0.39 is 0 Å². The van der Waals surface area contributed by atoms with Crippen LogP contribution in [0.15, 0.2) is 16.7 Å². The quantitative estimate of drug-likeness (QED) is 0.840. The van der Waals surface area contributed by atoms with Crippen LogP contribution in [0.4, 0.5) is 5.82 Å². The molecule has 0 radical (unpaired) electrons. The molecule has 2 fully saturated rings. The standard InChI is InChI=1S/C19H26Cl2N4O/c20-16-11-15-18(12-17(16)21)26-23-19(15)25-9-7-24(8-10-25)6-5-13-1-3-14(22)4-2-13/h11-14H,1-10,22H2/t13-,14-. The third-order valence-electron chi connectivity index (χ3n) is 5.91. The number of nitrogens with two attached hydrogens (primary N) is 1. The van der Waals surface area contributed by atoms with Crippen LogP contribution in [0, 0.1) is 5.92 Å². The Kier molecular flexibility index (Phi) is 5.60. The third-order valence-corrected chi connectivity index (χ3v) is 6.63. The molecule has 7 heteroatoms. The molecule has 1 aromatic heterocycles. The smallest absolute Gasteiger partial charge is 0.180 e. The summed E-state index contributed by atoms with van der Waals surface area (Å²) in [7, 11) is 0. The molecule has 1 saturated carbocycles. The molecule has 0 amide bonds. The molecule has 2 aliphatic rings. The van der Waals surface area contributed by atoms with E-state index in [0.29, 0.717) is 21.7 Å². The van der Waals surface area contributed by atoms with Gasteiger partial charge in [-0.15, -0.1) is 0 Å². The monoisotopic (exact) mass is 396 g/mol. The van der Waals surface area contributed by atoms with Crippen LogP contribution in [-0.2, 0) is 0 Å². The van der Waals surface area contributed by atoms with Crippen LogP contribution < -0.4 is 10.6 Å². The summed E-state index contributed by atoms with van der Waals surface area (Å²) in [6.07, 6.45) is 6.30. The van der Waals surface area contributed by atoms with E-state index in [1.165, 1.54) is 38.6 Å². The zero-order valence-electron chi connectivity index (χ0n) is 15.0. The second-order valence-electron chi connectivity index (χ2n) is 7.67. The number of hydrogen-bond donors (Lipinski definition) is 1. The van der Waals surface area contributed by atoms with Crippen LogP contribution in [0.3, 0.4) is 0 Å². The lowest BCUT2D eigenvalue weighted by atomic mass is 9.84. The second kappa shape index (κ2) is 7.93. The average molecular weight is 397 g/mol. The maximum atomic E-state index is 6.17. The van der Waals surface area contributed by atoms with Crippen LogP contribution in [0.1, 0.15) is 32.1 Å². The molecule has 0 atom stereocenters. The number of benzene rings is 1. The van der Waals surface area contributed by atoms with Crippen molar-refractivity contribution >= 4 is 40.0 Å². The minimum Gasteiger partial charge on any atom is -0.354 e. The van der Waals surface area contributed by atoms with Gasteiger partial charge in [0.2, 0.25) is 0 Å². The zero-order chi connectivity index (χ0) is 18.1. The normalized spacial score (nSPS) is 25.1. The molecule has 0 spiro atoms. The predicted molar refractivity (Wildman–Crippen MR) is 107 cm³/mol. The molecule has 0 unspecified atom stereocenters. The lowest BCUT2D eigenvalue weighted by molar-refractivity contribution is 0.216. The number of piperazine rings is 1. The minimum atomic E-state index is 0.440. The van der Waals surface area contributed by atoms with Gasteiger partial charge in [0.1, 0.15) is 0 Å². The Bertz CT molecular complexity index is 749. The highest BCUT2D eigenvalue weighted by Crippen LogP contribution is 2.34. The molecular formula is C19H26Cl2N4O. The molecule has 4 rings (SSSR count). The van der Waals surface area contributed by atoms with E-state index in [1.807, 2.05) is 6.07 Å². The summed E-state index contributed by atoms with van der Waals surface area (Å²) in [5.74, 6) is 1.73. The van der Waals surface area contributed by atoms with Gasteiger partial charge >= 0.3 is 0 Å². The Morgan fingerprint density at radius 3 is 2.46 bits per heavy atom. The Labute approximate surface area is 164 Å². The molecule has 142 valence electrons. The van der Waals surface area contributed by atoms with Crippen molar-refractivity contribution in [1.82, 2.24) is 10.1 Å². The Balaban J connectivity index is 1.32. The molecule has 0 bridgehead atoms. The summed E-state index contributed by atoms with van der Waals surface area (Å²) in [5, 5.41) is 6.22. The first-order chi connectivity index (χ1) is 12.6. The molecule has 26 heavy (non-hydrogen) atoms. The molecule has 2 aromatic rings. The van der Waals surface area contributed by atoms with E-state index in [-0.39, 0.29) is 0 Å². The summed E-state index contributed by atoms with van der Waals surface area (Å²) in [6.45, 7) is 5.22. The van der Waals surface area contributed by atoms with Gasteiger partial charge in [0.25, 0.3) is 0 Å². The summed E-state index contributed by atoms with van der Waals surface area (Å²) in [6, 6.07) is 4.03. The number of fused-ring (bicyclic) bond motifs is 1. The van der Waals surface area contributed by atoms with E-state index in [4.69, 9.17) is 33.5 Å². The number of halogens is 2. The first-order valence-corrected chi connectivity index (χ1v) is 10.3. The van der Waals surface area contributed by atoms with E-state index >= 15 is 0 Å². The van der Waals surface area contributed by atoms with Crippen LogP contribution in [0.2, 0.25) is 10.0 Å². The molecule has 2 heterocycles. The highest BCUT2D eigenvalue weighted by molar-refractivity contribution is 6.42. The van der Waals surface area contributed by atoms with Gasteiger partial charge in [0.15, 0.2) is 11.4 Å². The molecule has 5 nitrogen and oxygen atoms in total. The molecule has 1 saturated heterocycles. The van der Waals surface area contributed by atoms with E-state index in [2.05, 4.69) is 15.0 Å². The predicted octanol–water partition coefficient (Wildman–Crippen LogP) is 4.16. The van der Waals surface area contributed by atoms with Gasteiger partial charge in [-0.1, -0.05) is 28.4 Å². The SMILES string of the molecule is N[C@H]1CC[C@H](CCN2CCN(c3noc4cc(Cl)c(Cl)cc34)CC2)CC1. The number of hydrogen-bond acceptors (Lipinski definition) is 5. The van der Waals surface area contributed by atoms with Crippen molar-refractivity contribution in [2.24, 2.45) is 11.7 Å². The van der Waals surface area contributed by atoms with Crippen molar-refractivity contribution in [3.8, 4) is 0 Å². The highest BCUT2D eigenvalue weighted by atomic mass is 35.5. The van der Waals surface area contributed by atoms with Gasteiger partial charge in [0.05, 0.1) is 15.4 Å². The Hall–Kier alpha value is -1.01. The summed E-state index contributed by atoms with van der Waals surface area (Å²) in [4.78, 5) is 4.85. The first-order valence-electron chi connectivity index (χ1n) is 9.57. The fraction of sp³-hybridized carbons (Fsp3) is 0.632. The Morgan fingerprint density at radius 1 is 1.04 bits per heavy atom. The van der Waals surface area contributed by atoms with Gasteiger partial charge in [-0.2, -0.15) is 0 Å². The fourth-order valence-corrected chi connectivity index (χ4v) is 4.49. The molecule has 1 aromatic carbocycles. The highest BCUT2D eigenvalue weighted by Gasteiger charge is 2.24. The second-order valence-corrected chi connectivity index (χ2v) is 8.48. The maximum Gasteiger partial charge on any atom is 0.180 e. The first kappa shape index (κ1) is 18.4. The van der Waals surface area contributed by atoms with Crippen molar-refractivity contribution in [3.63, 3.8) is 0 Å². The van der Waals surface area contributed by atoms with Crippen molar-refractivity contribution < 1.29 is 4.52 Å². The van der Waals surface area contributed by atoms with Crippen LogP contribution >= 0.6 is 23.2 Å². The summed E-state index contributed by atoms with van der Waals surface area (Å²) >= 11 is 12.2. The number of anilines is 1. The van der Waals surface area contributed by atoms with Gasteiger partial charge in [-0.25, -0.2) is 0 Å². The largest absolute Gasteiger partial charge is 0.354 e. The van der Waals surface area contributed by atoms with Crippen LogP contribution in [0.5, 0.6) is 0 Å². The fourth-order valence-electron chi connectivity index (χ4n) is 4.17. The summed E-state index contributed by atoms with van der Waals surface area (Å²) in [5.41, 5.74) is 6.70. The minimum absolute atomic E-state index is 0.440. The molecule has 1 aliphatic heterocycles. The Morgan fingerprint density at radius 2 is 1.73 bits per heavy atom. The van der Waals surface area contributed by atoms with E-state index in [0.717, 1.165) is 43.3 Å². The number of nitrogens with zero attached hydrogens (tertiary/aromatic N) is 3. The zero-order valence-corrected chi connectivity index (χ0v) is 16.5. The van der Waals surface area contributed by atoms with Crippen molar-refractivity contribution in [2.75, 3.05) is 37.6 Å². The number of rotatable bonds is 4. The number of aromatic nitrogens is 1. The van der Waals surface area contributed by atoms with Gasteiger partial charge in [-0.3, -0.25) is 4.90 Å². The van der Waals surface area contributed by atoms with Crippen LogP contribution in [0.25, 0.3) is 11.0 Å². The van der Waals surface area contributed by atoms with Crippen LogP contribution in [-0.4, -0.2) is 48.8 Å². The van der Waals surface area contributed by atoms with Crippen molar-refractivity contribution in [3.05, 3.63) is 22.2 Å². The molecular weight excluding hydrogens is 371 g/mol. The lowest BCUT2D eigenvalue weighted by Gasteiger charge is -2.36. The van der Waals surface area contributed by atoms with Gasteiger partial charge < -0.3 is 15.2 Å². The molecule has 1 aliphatic carbocycles. The average Bonchev–Trinajstić information content (AvgIpc) is 3.05. The topological polar surface area (TPSA) is 58.5 Å². The van der Waals surface area contributed by atoms with Gasteiger partial charge in [0, 0.05) is 38.3 Å². The lowest BCUT2D eigenvalue weighted by Crippen LogP contribution is -2.47. The van der Waals surface area contributed by atoms with Gasteiger partial charge in [-0.05, 0) is 50.6 Å². The van der Waals surface area contributed by atoms with Crippen molar-refractivity contribution in [2.45, 2.75) is 38.1 Å². The van der Waals surface area contributed by atoms with E-state index in [1.54, 1.807) is 6.07 Å². The maximum absolute atomic E-state index is 6.17. The third kappa shape index (κ3) is 3.96. The molecule has 2 N–H and O–H groups in total. The van der Waals surface area contributed by atoms with Crippen molar-refractivity contribution in [1.29, 1.82) is 0 Å².